The highest BCUT2D eigenvalue weighted by atomic mass is 32.1. The maximum atomic E-state index is 13.7. The third kappa shape index (κ3) is 5.11. The number of Topliss-reactive ketones (excluding diaryl/α,β-unsaturated/α-hetero) is 1. The fraction of sp³-hybridized carbons (Fsp3) is 0.290. The molecule has 3 aromatic rings. The van der Waals surface area contributed by atoms with Crippen LogP contribution in [0, 0.1) is 0 Å². The van der Waals surface area contributed by atoms with Crippen molar-refractivity contribution in [1.29, 1.82) is 0 Å². The molecule has 0 saturated carbocycles. The molecule has 0 saturated heterocycles. The molecule has 2 aliphatic rings. The van der Waals surface area contributed by atoms with Crippen LogP contribution in [0.5, 0.6) is 11.5 Å². The lowest BCUT2D eigenvalue weighted by Crippen LogP contribution is -2.36. The zero-order chi connectivity index (χ0) is 26.6. The van der Waals surface area contributed by atoms with E-state index in [4.69, 9.17) is 14.2 Å². The van der Waals surface area contributed by atoms with Crippen LogP contribution < -0.4 is 14.8 Å². The lowest BCUT2D eigenvalue weighted by Gasteiger charge is -2.36. The fourth-order valence-corrected chi connectivity index (χ4v) is 6.22. The second-order valence-corrected chi connectivity index (χ2v) is 10.5. The SMILES string of the molecule is COc1ccc([C@H]2CC(=O)C3=C(C2)NC(C)=C(C(=O)OCCc2ccccc2)[C@H]3c2cccs2)cc1OC. The smallest absolute Gasteiger partial charge is 0.336 e. The van der Waals surface area contributed by atoms with E-state index in [0.717, 1.165) is 27.4 Å². The Bertz CT molecular complexity index is 1390. The molecule has 6 nitrogen and oxygen atoms in total. The molecule has 0 fully saturated rings. The van der Waals surface area contributed by atoms with E-state index >= 15 is 0 Å². The number of ketones is 1. The average molecular weight is 530 g/mol. The van der Waals surface area contributed by atoms with Gasteiger partial charge < -0.3 is 19.5 Å². The zero-order valence-electron chi connectivity index (χ0n) is 21.8. The van der Waals surface area contributed by atoms with E-state index in [1.54, 1.807) is 25.6 Å². The van der Waals surface area contributed by atoms with Crippen LogP contribution in [0.25, 0.3) is 0 Å². The molecule has 7 heteroatoms. The van der Waals surface area contributed by atoms with Gasteiger partial charge in [0.25, 0.3) is 0 Å². The van der Waals surface area contributed by atoms with Gasteiger partial charge in [-0.2, -0.15) is 0 Å². The normalized spacial score (nSPS) is 19.1. The van der Waals surface area contributed by atoms with Crippen molar-refractivity contribution in [3.63, 3.8) is 0 Å². The Balaban J connectivity index is 1.42. The van der Waals surface area contributed by atoms with Crippen molar-refractivity contribution in [3.8, 4) is 11.5 Å². The number of allylic oxidation sites excluding steroid dienone is 3. The Hall–Kier alpha value is -3.84. The van der Waals surface area contributed by atoms with Gasteiger partial charge in [0, 0.05) is 34.7 Å². The lowest BCUT2D eigenvalue weighted by atomic mass is 9.73. The molecule has 0 spiro atoms. The van der Waals surface area contributed by atoms with Crippen LogP contribution in [0.2, 0.25) is 0 Å². The second-order valence-electron chi connectivity index (χ2n) is 9.52. The van der Waals surface area contributed by atoms with E-state index in [1.807, 2.05) is 73.0 Å². The van der Waals surface area contributed by atoms with Crippen LogP contribution >= 0.6 is 11.3 Å². The first-order chi connectivity index (χ1) is 18.5. The molecular weight excluding hydrogens is 498 g/mol. The topological polar surface area (TPSA) is 73.9 Å². The number of carbonyl (C=O) groups is 2. The van der Waals surface area contributed by atoms with Crippen LogP contribution in [0.4, 0.5) is 0 Å². The van der Waals surface area contributed by atoms with Crippen molar-refractivity contribution >= 4 is 23.1 Å². The Kier molecular flexibility index (Phi) is 7.65. The summed E-state index contributed by atoms with van der Waals surface area (Å²) in [5.41, 5.74) is 4.91. The first kappa shape index (κ1) is 25.8. The van der Waals surface area contributed by atoms with Crippen molar-refractivity contribution in [1.82, 2.24) is 5.32 Å². The predicted octanol–water partition coefficient (Wildman–Crippen LogP) is 5.91. The molecular formula is C31H31NO5S. The number of hydrogen-bond acceptors (Lipinski definition) is 7. The van der Waals surface area contributed by atoms with Gasteiger partial charge in [-0.15, -0.1) is 11.3 Å². The molecule has 196 valence electrons. The number of thiophene rings is 1. The van der Waals surface area contributed by atoms with E-state index < -0.39 is 5.92 Å². The number of dihydropyridines is 1. The second kappa shape index (κ2) is 11.3. The van der Waals surface area contributed by atoms with E-state index in [1.165, 1.54) is 0 Å². The highest BCUT2D eigenvalue weighted by molar-refractivity contribution is 7.10. The molecule has 0 radical (unpaired) electrons. The molecule has 0 unspecified atom stereocenters. The molecule has 1 aliphatic heterocycles. The molecule has 2 aromatic carbocycles. The van der Waals surface area contributed by atoms with Crippen LogP contribution in [0.3, 0.4) is 0 Å². The maximum Gasteiger partial charge on any atom is 0.336 e. The summed E-state index contributed by atoms with van der Waals surface area (Å²) < 4.78 is 16.6. The van der Waals surface area contributed by atoms with Crippen LogP contribution in [0.1, 0.15) is 47.6 Å². The Labute approximate surface area is 226 Å². The van der Waals surface area contributed by atoms with Gasteiger partial charge in [0.2, 0.25) is 0 Å². The number of esters is 1. The fourth-order valence-electron chi connectivity index (χ4n) is 5.38. The highest BCUT2D eigenvalue weighted by Gasteiger charge is 2.42. The van der Waals surface area contributed by atoms with Gasteiger partial charge in [0.1, 0.15) is 0 Å². The minimum Gasteiger partial charge on any atom is -0.493 e. The van der Waals surface area contributed by atoms with Crippen molar-refractivity contribution < 1.29 is 23.8 Å². The molecule has 1 aromatic heterocycles. The van der Waals surface area contributed by atoms with Gasteiger partial charge >= 0.3 is 5.97 Å². The number of nitrogens with one attached hydrogen (secondary N) is 1. The lowest BCUT2D eigenvalue weighted by molar-refractivity contribution is -0.139. The quantitative estimate of drug-likeness (QED) is 0.366. The summed E-state index contributed by atoms with van der Waals surface area (Å²) in [5.74, 6) is 0.506. The van der Waals surface area contributed by atoms with Crippen LogP contribution in [-0.2, 0) is 20.7 Å². The summed E-state index contributed by atoms with van der Waals surface area (Å²) in [5, 5.41) is 5.39. The Morgan fingerprint density at radius 2 is 1.79 bits per heavy atom. The number of benzene rings is 2. The van der Waals surface area contributed by atoms with Gasteiger partial charge in [-0.05, 0) is 54.0 Å². The molecule has 1 N–H and O–H groups in total. The first-order valence-electron chi connectivity index (χ1n) is 12.7. The first-order valence-corrected chi connectivity index (χ1v) is 13.6. The van der Waals surface area contributed by atoms with E-state index in [0.29, 0.717) is 41.9 Å². The zero-order valence-corrected chi connectivity index (χ0v) is 22.6. The predicted molar refractivity (Wildman–Crippen MR) is 148 cm³/mol. The average Bonchev–Trinajstić information content (AvgIpc) is 3.47. The van der Waals surface area contributed by atoms with E-state index in [-0.39, 0.29) is 24.3 Å². The van der Waals surface area contributed by atoms with E-state index in [9.17, 15) is 9.59 Å². The highest BCUT2D eigenvalue weighted by Crippen LogP contribution is 2.47. The molecule has 0 bridgehead atoms. The number of hydrogen-bond donors (Lipinski definition) is 1. The Morgan fingerprint density at radius 3 is 2.50 bits per heavy atom. The van der Waals surface area contributed by atoms with Gasteiger partial charge in [-0.25, -0.2) is 4.79 Å². The summed E-state index contributed by atoms with van der Waals surface area (Å²) in [4.78, 5) is 28.1. The number of ether oxygens (including phenoxy) is 3. The molecule has 1 aliphatic carbocycles. The largest absolute Gasteiger partial charge is 0.493 e. The standard InChI is InChI=1S/C31H31NO5S/c1-19-28(31(34)37-14-13-20-8-5-4-6-9-20)30(27-10-7-15-38-27)29-23(32-19)16-22(17-24(29)33)21-11-12-25(35-2)26(18-21)36-3/h4-12,15,18,22,30,32H,13-14,16-17H2,1-3H3/t22-,30-/m1/s1. The van der Waals surface area contributed by atoms with Crippen molar-refractivity contribution in [2.75, 3.05) is 20.8 Å². The van der Waals surface area contributed by atoms with Crippen LogP contribution in [0.15, 0.2) is 88.6 Å². The Morgan fingerprint density at radius 1 is 1.00 bits per heavy atom. The maximum absolute atomic E-state index is 13.7. The van der Waals surface area contributed by atoms with Gasteiger partial charge in [0.05, 0.1) is 32.3 Å². The minimum absolute atomic E-state index is 0.00952. The van der Waals surface area contributed by atoms with Crippen molar-refractivity contribution in [2.45, 2.75) is 38.0 Å². The summed E-state index contributed by atoms with van der Waals surface area (Å²) in [6, 6.07) is 19.7. The molecule has 5 rings (SSSR count). The molecule has 2 atom stereocenters. The third-order valence-electron chi connectivity index (χ3n) is 7.22. The van der Waals surface area contributed by atoms with Gasteiger partial charge in [-0.1, -0.05) is 42.5 Å². The van der Waals surface area contributed by atoms with Gasteiger partial charge in [0.15, 0.2) is 17.3 Å². The van der Waals surface area contributed by atoms with Crippen molar-refractivity contribution in [3.05, 3.63) is 105 Å². The summed E-state index contributed by atoms with van der Waals surface area (Å²) in [6.45, 7) is 2.17. The van der Waals surface area contributed by atoms with E-state index in [2.05, 4.69) is 5.32 Å². The van der Waals surface area contributed by atoms with Crippen LogP contribution in [-0.4, -0.2) is 32.6 Å². The summed E-state index contributed by atoms with van der Waals surface area (Å²) in [7, 11) is 3.21. The van der Waals surface area contributed by atoms with Crippen molar-refractivity contribution in [2.24, 2.45) is 0 Å². The summed E-state index contributed by atoms with van der Waals surface area (Å²) in [6.07, 6.45) is 1.65. The minimum atomic E-state index is -0.436. The summed E-state index contributed by atoms with van der Waals surface area (Å²) >= 11 is 1.55. The molecule has 2 heterocycles. The van der Waals surface area contributed by atoms with Gasteiger partial charge in [-0.3, -0.25) is 4.79 Å². The molecule has 38 heavy (non-hydrogen) atoms. The molecule has 0 amide bonds. The number of carbonyl (C=O) groups excluding carboxylic acids is 2. The number of methoxy groups -OCH3 is 2. The monoisotopic (exact) mass is 529 g/mol. The third-order valence-corrected chi connectivity index (χ3v) is 8.16. The number of rotatable bonds is 8.